The molecule has 4 aromatic rings. The highest BCUT2D eigenvalue weighted by Crippen LogP contribution is 2.35. The molecule has 4 aromatic heterocycles. The summed E-state index contributed by atoms with van der Waals surface area (Å²) in [7, 11) is 2.93. The first-order valence-corrected chi connectivity index (χ1v) is 10.3. The lowest BCUT2D eigenvalue weighted by atomic mass is 10.0. The van der Waals surface area contributed by atoms with Crippen LogP contribution >= 0.6 is 11.3 Å². The van der Waals surface area contributed by atoms with Crippen molar-refractivity contribution in [3.05, 3.63) is 46.5 Å². The van der Waals surface area contributed by atoms with Gasteiger partial charge in [-0.3, -0.25) is 14.2 Å². The Morgan fingerprint density at radius 1 is 1.16 bits per heavy atom. The molecule has 31 heavy (non-hydrogen) atoms. The average Bonchev–Trinajstić information content (AvgIpc) is 3.41. The Labute approximate surface area is 177 Å². The minimum absolute atomic E-state index is 0.210. The second-order valence-electron chi connectivity index (χ2n) is 7.27. The number of carbonyl (C=O) groups excluding carboxylic acids is 1. The fourth-order valence-corrected chi connectivity index (χ4v) is 4.72. The molecule has 0 aromatic carbocycles. The summed E-state index contributed by atoms with van der Waals surface area (Å²) in [5.41, 5.74) is 4.11. The molecular formula is C19H16F3N7OS. The van der Waals surface area contributed by atoms with Gasteiger partial charge in [-0.1, -0.05) is 0 Å². The van der Waals surface area contributed by atoms with Crippen LogP contribution in [0, 0.1) is 0 Å². The standard InChI is InChI=1S/C19H16F3N7OS/c1-27-14(19(20,21)22)7-12(25-27)16-10-4-6-29(8-13(10)26-28(16)2)18(30)15-17-11(3-5-23-15)24-9-31-17/h3,5,7,9H,4,6,8H2,1-2H3. The lowest BCUT2D eigenvalue weighted by molar-refractivity contribution is -0.143. The van der Waals surface area contributed by atoms with Crippen LogP contribution in [0.3, 0.4) is 0 Å². The molecule has 0 saturated carbocycles. The van der Waals surface area contributed by atoms with E-state index in [-0.39, 0.29) is 18.1 Å². The van der Waals surface area contributed by atoms with Crippen LogP contribution in [0.5, 0.6) is 0 Å². The molecule has 12 heteroatoms. The average molecular weight is 447 g/mol. The molecule has 1 aliphatic rings. The molecule has 1 amide bonds. The lowest BCUT2D eigenvalue weighted by Crippen LogP contribution is -2.36. The number of pyridine rings is 1. The Balaban J connectivity index is 1.47. The summed E-state index contributed by atoms with van der Waals surface area (Å²) < 4.78 is 42.7. The van der Waals surface area contributed by atoms with Crippen molar-refractivity contribution in [2.24, 2.45) is 14.1 Å². The summed E-state index contributed by atoms with van der Waals surface area (Å²) in [4.78, 5) is 23.2. The molecule has 0 unspecified atom stereocenters. The van der Waals surface area contributed by atoms with Crippen molar-refractivity contribution in [2.45, 2.75) is 19.1 Å². The number of hydrogen-bond donors (Lipinski definition) is 0. The number of nitrogens with zero attached hydrogens (tertiary/aromatic N) is 7. The maximum Gasteiger partial charge on any atom is 0.433 e. The molecule has 0 atom stereocenters. The van der Waals surface area contributed by atoms with Crippen molar-refractivity contribution in [3.63, 3.8) is 0 Å². The van der Waals surface area contributed by atoms with Gasteiger partial charge >= 0.3 is 6.18 Å². The highest BCUT2D eigenvalue weighted by Gasteiger charge is 2.36. The summed E-state index contributed by atoms with van der Waals surface area (Å²) in [6, 6.07) is 2.78. The van der Waals surface area contributed by atoms with Crippen molar-refractivity contribution in [1.82, 2.24) is 34.4 Å². The van der Waals surface area contributed by atoms with Crippen molar-refractivity contribution in [3.8, 4) is 11.4 Å². The van der Waals surface area contributed by atoms with Gasteiger partial charge in [-0.05, 0) is 18.6 Å². The van der Waals surface area contributed by atoms with Gasteiger partial charge in [0.05, 0.1) is 33.7 Å². The molecule has 8 nitrogen and oxygen atoms in total. The minimum atomic E-state index is -4.49. The van der Waals surface area contributed by atoms with E-state index in [1.165, 1.54) is 23.1 Å². The molecule has 0 radical (unpaired) electrons. The number of aromatic nitrogens is 6. The summed E-state index contributed by atoms with van der Waals surface area (Å²) >= 11 is 1.36. The van der Waals surface area contributed by atoms with Gasteiger partial charge in [0.15, 0.2) is 0 Å². The van der Waals surface area contributed by atoms with Gasteiger partial charge in [-0.25, -0.2) is 9.97 Å². The maximum absolute atomic E-state index is 13.2. The number of halogens is 3. The fourth-order valence-electron chi connectivity index (χ4n) is 3.96. The Morgan fingerprint density at radius 2 is 1.97 bits per heavy atom. The van der Waals surface area contributed by atoms with E-state index in [1.807, 2.05) is 0 Å². The number of aryl methyl sites for hydroxylation is 2. The number of thiazole rings is 1. The zero-order valence-electron chi connectivity index (χ0n) is 16.5. The number of carbonyl (C=O) groups is 1. The van der Waals surface area contributed by atoms with Gasteiger partial charge in [0.2, 0.25) is 0 Å². The van der Waals surface area contributed by atoms with Crippen LogP contribution in [0.2, 0.25) is 0 Å². The quantitative estimate of drug-likeness (QED) is 0.472. The van der Waals surface area contributed by atoms with Gasteiger partial charge < -0.3 is 4.90 Å². The first kappa shape index (κ1) is 19.7. The number of alkyl halides is 3. The van der Waals surface area contributed by atoms with E-state index >= 15 is 0 Å². The zero-order chi connectivity index (χ0) is 21.9. The second-order valence-corrected chi connectivity index (χ2v) is 8.13. The lowest BCUT2D eigenvalue weighted by Gasteiger charge is -2.26. The van der Waals surface area contributed by atoms with E-state index < -0.39 is 11.9 Å². The van der Waals surface area contributed by atoms with E-state index in [9.17, 15) is 18.0 Å². The number of fused-ring (bicyclic) bond motifs is 2. The van der Waals surface area contributed by atoms with E-state index in [2.05, 4.69) is 20.2 Å². The monoisotopic (exact) mass is 447 g/mol. The third kappa shape index (κ3) is 3.17. The summed E-state index contributed by atoms with van der Waals surface area (Å²) in [6.07, 6.45) is -2.48. The first-order chi connectivity index (χ1) is 14.7. The highest BCUT2D eigenvalue weighted by molar-refractivity contribution is 7.17. The van der Waals surface area contributed by atoms with Crippen LogP contribution < -0.4 is 0 Å². The van der Waals surface area contributed by atoms with Crippen LogP contribution in [0.4, 0.5) is 13.2 Å². The number of rotatable bonds is 2. The van der Waals surface area contributed by atoms with Crippen LogP contribution in [0.15, 0.2) is 23.8 Å². The van der Waals surface area contributed by atoms with Crippen LogP contribution in [-0.4, -0.2) is 46.9 Å². The molecule has 0 saturated heterocycles. The SMILES string of the molecule is Cn1nc(-c2c3c(nn2C)CN(C(=O)c2nccc4ncsc24)CC3)cc1C(F)(F)F. The molecule has 5 rings (SSSR count). The molecule has 1 aliphatic heterocycles. The number of hydrogen-bond acceptors (Lipinski definition) is 6. The van der Waals surface area contributed by atoms with Crippen molar-refractivity contribution >= 4 is 27.5 Å². The van der Waals surface area contributed by atoms with Crippen molar-refractivity contribution in [1.29, 1.82) is 0 Å². The predicted octanol–water partition coefficient (Wildman–Crippen LogP) is 3.04. The van der Waals surface area contributed by atoms with Gasteiger partial charge in [-0.2, -0.15) is 23.4 Å². The first-order valence-electron chi connectivity index (χ1n) is 9.38. The van der Waals surface area contributed by atoms with Crippen molar-refractivity contribution in [2.75, 3.05) is 6.54 Å². The molecule has 0 fully saturated rings. The normalized spacial score (nSPS) is 14.3. The molecule has 5 heterocycles. The summed E-state index contributed by atoms with van der Waals surface area (Å²) in [6.45, 7) is 0.651. The Hall–Kier alpha value is -3.28. The summed E-state index contributed by atoms with van der Waals surface area (Å²) in [5.74, 6) is -0.218. The van der Waals surface area contributed by atoms with Gasteiger partial charge in [-0.15, -0.1) is 11.3 Å². The maximum atomic E-state index is 13.2. The third-order valence-electron chi connectivity index (χ3n) is 5.35. The Kier molecular flexibility index (Phi) is 4.36. The van der Waals surface area contributed by atoms with Crippen LogP contribution in [0.25, 0.3) is 21.6 Å². The molecule has 0 N–H and O–H groups in total. The summed E-state index contributed by atoms with van der Waals surface area (Å²) in [5, 5.41) is 8.53. The van der Waals surface area contributed by atoms with Gasteiger partial charge in [0, 0.05) is 32.4 Å². The third-order valence-corrected chi connectivity index (χ3v) is 6.20. The van der Waals surface area contributed by atoms with Gasteiger partial charge in [0.25, 0.3) is 5.91 Å². The molecule has 0 bridgehead atoms. The van der Waals surface area contributed by atoms with E-state index in [0.29, 0.717) is 30.0 Å². The minimum Gasteiger partial charge on any atom is -0.331 e. The zero-order valence-corrected chi connectivity index (χ0v) is 17.3. The van der Waals surface area contributed by atoms with E-state index in [4.69, 9.17) is 0 Å². The largest absolute Gasteiger partial charge is 0.433 e. The smallest absolute Gasteiger partial charge is 0.331 e. The van der Waals surface area contributed by atoms with Crippen LogP contribution in [-0.2, 0) is 33.2 Å². The predicted molar refractivity (Wildman–Crippen MR) is 106 cm³/mol. The van der Waals surface area contributed by atoms with E-state index in [1.54, 1.807) is 29.7 Å². The second kappa shape index (κ2) is 6.87. The highest BCUT2D eigenvalue weighted by atomic mass is 32.1. The molecular weight excluding hydrogens is 431 g/mol. The van der Waals surface area contributed by atoms with Crippen LogP contribution in [0.1, 0.15) is 27.4 Å². The topological polar surface area (TPSA) is 81.7 Å². The number of amides is 1. The molecule has 0 spiro atoms. The van der Waals surface area contributed by atoms with E-state index in [0.717, 1.165) is 26.5 Å². The molecule has 0 aliphatic carbocycles. The van der Waals surface area contributed by atoms with Crippen molar-refractivity contribution < 1.29 is 18.0 Å². The Morgan fingerprint density at radius 3 is 2.71 bits per heavy atom. The van der Waals surface area contributed by atoms with Gasteiger partial charge in [0.1, 0.15) is 17.1 Å². The molecule has 160 valence electrons. The fraction of sp³-hybridized carbons (Fsp3) is 0.316. The Bertz CT molecular complexity index is 1320.